The molecule has 0 aliphatic heterocycles. The highest BCUT2D eigenvalue weighted by Crippen LogP contribution is 2.40. The van der Waals surface area contributed by atoms with Gasteiger partial charge in [0.1, 0.15) is 0 Å². The first-order valence-corrected chi connectivity index (χ1v) is 5.88. The maximum absolute atomic E-state index is 3.93. The van der Waals surface area contributed by atoms with Crippen molar-refractivity contribution in [3.8, 4) is 0 Å². The number of benzene rings is 2. The van der Waals surface area contributed by atoms with E-state index in [2.05, 4.69) is 67.3 Å². The van der Waals surface area contributed by atoms with Gasteiger partial charge in [0.2, 0.25) is 0 Å². The Hall–Kier alpha value is -2.08. The van der Waals surface area contributed by atoms with Crippen molar-refractivity contribution in [3.63, 3.8) is 0 Å². The molecule has 0 saturated carbocycles. The van der Waals surface area contributed by atoms with Crippen molar-refractivity contribution in [2.75, 3.05) is 0 Å². The summed E-state index contributed by atoms with van der Waals surface area (Å²) in [6, 6.07) is 19.2. The first kappa shape index (κ1) is 10.1. The van der Waals surface area contributed by atoms with E-state index in [1.54, 1.807) is 0 Å². The smallest absolute Gasteiger partial charge is 0.0345 e. The Morgan fingerprint density at radius 1 is 0.882 bits per heavy atom. The third kappa shape index (κ3) is 1.62. The zero-order chi connectivity index (χ0) is 11.7. The van der Waals surface area contributed by atoms with Crippen LogP contribution in [0.4, 0.5) is 0 Å². The Bertz CT molecular complexity index is 576. The van der Waals surface area contributed by atoms with Crippen molar-refractivity contribution >= 4 is 6.08 Å². The van der Waals surface area contributed by atoms with Crippen LogP contribution in [0.25, 0.3) is 6.08 Å². The van der Waals surface area contributed by atoms with Gasteiger partial charge in [-0.2, -0.15) is 0 Å². The second kappa shape index (κ2) is 4.06. The summed E-state index contributed by atoms with van der Waals surface area (Å²) in [5, 5.41) is 0. The molecule has 0 aromatic heterocycles. The monoisotopic (exact) mass is 218 g/mol. The van der Waals surface area contributed by atoms with Gasteiger partial charge in [0.15, 0.2) is 0 Å². The molecule has 82 valence electrons. The summed E-state index contributed by atoms with van der Waals surface area (Å²) in [6.45, 7) is 3.93. The topological polar surface area (TPSA) is 0 Å². The molecule has 0 nitrogen and oxygen atoms in total. The van der Waals surface area contributed by atoms with E-state index in [9.17, 15) is 0 Å². The summed E-state index contributed by atoms with van der Waals surface area (Å²) in [6.07, 6.45) is 4.21. The summed E-state index contributed by atoms with van der Waals surface area (Å²) in [5.74, 6) is 0.352. The molecule has 0 heterocycles. The van der Waals surface area contributed by atoms with Gasteiger partial charge in [0.25, 0.3) is 0 Å². The maximum Gasteiger partial charge on any atom is 0.0345 e. The molecule has 0 heteroatoms. The largest absolute Gasteiger partial charge is 0.0988 e. The lowest BCUT2D eigenvalue weighted by atomic mass is 9.88. The second-order valence-corrected chi connectivity index (χ2v) is 4.32. The molecule has 0 saturated heterocycles. The van der Waals surface area contributed by atoms with Gasteiger partial charge in [-0.15, -0.1) is 0 Å². The molecule has 3 rings (SSSR count). The quantitative estimate of drug-likeness (QED) is 0.700. The Labute approximate surface area is 102 Å². The van der Waals surface area contributed by atoms with Gasteiger partial charge in [0.05, 0.1) is 0 Å². The molecule has 1 atom stereocenters. The van der Waals surface area contributed by atoms with Crippen molar-refractivity contribution < 1.29 is 0 Å². The minimum atomic E-state index is 0.352. The highest BCUT2D eigenvalue weighted by atomic mass is 14.3. The summed E-state index contributed by atoms with van der Waals surface area (Å²) >= 11 is 0. The Kier molecular flexibility index (Phi) is 2.41. The van der Waals surface area contributed by atoms with Crippen LogP contribution in [0.3, 0.4) is 0 Å². The number of hydrogen-bond donors (Lipinski definition) is 0. The minimum Gasteiger partial charge on any atom is -0.0988 e. The Balaban J connectivity index is 2.16. The van der Waals surface area contributed by atoms with Crippen molar-refractivity contribution in [1.82, 2.24) is 0 Å². The van der Waals surface area contributed by atoms with Gasteiger partial charge in [-0.3, -0.25) is 0 Å². The minimum absolute atomic E-state index is 0.352. The van der Waals surface area contributed by atoms with Gasteiger partial charge in [0, 0.05) is 5.92 Å². The lowest BCUT2D eigenvalue weighted by molar-refractivity contribution is 1.01. The molecular weight excluding hydrogens is 204 g/mol. The van der Waals surface area contributed by atoms with Gasteiger partial charge in [-0.25, -0.2) is 0 Å². The van der Waals surface area contributed by atoms with Crippen LogP contribution in [0.1, 0.15) is 22.6 Å². The van der Waals surface area contributed by atoms with Crippen LogP contribution < -0.4 is 0 Å². The van der Waals surface area contributed by atoms with Crippen LogP contribution in [0, 0.1) is 0 Å². The fraction of sp³-hybridized carbons (Fsp3) is 0.0588. The molecule has 0 bridgehead atoms. The molecule has 17 heavy (non-hydrogen) atoms. The first-order chi connectivity index (χ1) is 8.40. The van der Waals surface area contributed by atoms with E-state index in [0.29, 0.717) is 5.92 Å². The number of rotatable bonds is 2. The SMILES string of the molecule is C=CC1=Cc2ccccc2C1c1ccccc1. The van der Waals surface area contributed by atoms with Crippen molar-refractivity contribution in [1.29, 1.82) is 0 Å². The Morgan fingerprint density at radius 3 is 2.35 bits per heavy atom. The third-order valence-electron chi connectivity index (χ3n) is 3.33. The summed E-state index contributed by atoms with van der Waals surface area (Å²) in [7, 11) is 0. The first-order valence-electron chi connectivity index (χ1n) is 5.88. The molecule has 0 fully saturated rings. The predicted octanol–water partition coefficient (Wildman–Crippen LogP) is 4.40. The molecule has 0 N–H and O–H groups in total. The van der Waals surface area contributed by atoms with E-state index < -0.39 is 0 Å². The average molecular weight is 218 g/mol. The van der Waals surface area contributed by atoms with E-state index in [1.165, 1.54) is 22.3 Å². The molecule has 1 aliphatic rings. The van der Waals surface area contributed by atoms with E-state index in [1.807, 2.05) is 6.08 Å². The normalized spacial score (nSPS) is 17.4. The average Bonchev–Trinajstić information content (AvgIpc) is 2.78. The summed E-state index contributed by atoms with van der Waals surface area (Å²) < 4.78 is 0. The zero-order valence-electron chi connectivity index (χ0n) is 9.64. The van der Waals surface area contributed by atoms with E-state index in [4.69, 9.17) is 0 Å². The van der Waals surface area contributed by atoms with Crippen LogP contribution in [0.2, 0.25) is 0 Å². The van der Waals surface area contributed by atoms with E-state index >= 15 is 0 Å². The van der Waals surface area contributed by atoms with Gasteiger partial charge in [-0.05, 0) is 22.3 Å². The molecule has 1 unspecified atom stereocenters. The van der Waals surface area contributed by atoms with Crippen molar-refractivity contribution in [2.24, 2.45) is 0 Å². The van der Waals surface area contributed by atoms with Crippen molar-refractivity contribution in [3.05, 3.63) is 89.5 Å². The molecule has 1 aliphatic carbocycles. The third-order valence-corrected chi connectivity index (χ3v) is 3.33. The van der Waals surface area contributed by atoms with Crippen molar-refractivity contribution in [2.45, 2.75) is 5.92 Å². The lowest BCUT2D eigenvalue weighted by Gasteiger charge is -2.15. The molecule has 0 amide bonds. The number of allylic oxidation sites excluding steroid dienone is 2. The molecule has 2 aromatic carbocycles. The predicted molar refractivity (Wildman–Crippen MR) is 72.9 cm³/mol. The fourth-order valence-corrected chi connectivity index (χ4v) is 2.54. The van der Waals surface area contributed by atoms with Gasteiger partial charge < -0.3 is 0 Å². The van der Waals surface area contributed by atoms with Crippen LogP contribution in [0.5, 0.6) is 0 Å². The molecule has 0 radical (unpaired) electrons. The highest BCUT2D eigenvalue weighted by molar-refractivity contribution is 5.71. The van der Waals surface area contributed by atoms with E-state index in [-0.39, 0.29) is 0 Å². The van der Waals surface area contributed by atoms with E-state index in [0.717, 1.165) is 0 Å². The summed E-state index contributed by atoms with van der Waals surface area (Å²) in [5.41, 5.74) is 5.32. The fourth-order valence-electron chi connectivity index (χ4n) is 2.54. The molecule has 2 aromatic rings. The second-order valence-electron chi connectivity index (χ2n) is 4.32. The van der Waals surface area contributed by atoms with Crippen LogP contribution >= 0.6 is 0 Å². The Morgan fingerprint density at radius 2 is 1.59 bits per heavy atom. The highest BCUT2D eigenvalue weighted by Gasteiger charge is 2.24. The molecule has 0 spiro atoms. The maximum atomic E-state index is 3.93. The standard InChI is InChI=1S/C17H14/c1-2-13-12-15-10-6-7-11-16(15)17(13)14-8-4-3-5-9-14/h2-12,17H,1H2. The lowest BCUT2D eigenvalue weighted by Crippen LogP contribution is -1.99. The zero-order valence-corrected chi connectivity index (χ0v) is 9.64. The van der Waals surface area contributed by atoms with Crippen LogP contribution in [-0.4, -0.2) is 0 Å². The number of fused-ring (bicyclic) bond motifs is 1. The molecular formula is C17H14. The van der Waals surface area contributed by atoms with Crippen LogP contribution in [0.15, 0.2) is 72.8 Å². The van der Waals surface area contributed by atoms with Crippen LogP contribution in [-0.2, 0) is 0 Å². The number of hydrogen-bond acceptors (Lipinski definition) is 0. The van der Waals surface area contributed by atoms with Gasteiger partial charge >= 0.3 is 0 Å². The van der Waals surface area contributed by atoms with Gasteiger partial charge in [-0.1, -0.05) is 73.3 Å². The summed E-state index contributed by atoms with van der Waals surface area (Å²) in [4.78, 5) is 0.